The van der Waals surface area contributed by atoms with E-state index < -0.39 is 5.41 Å². The smallest absolute Gasteiger partial charge is 0.306 e. The third-order valence-corrected chi connectivity index (χ3v) is 3.40. The maximum Gasteiger partial charge on any atom is 0.306 e. The van der Waals surface area contributed by atoms with E-state index in [0.29, 0.717) is 19.1 Å². The van der Waals surface area contributed by atoms with Crippen molar-refractivity contribution in [2.24, 2.45) is 16.7 Å². The van der Waals surface area contributed by atoms with E-state index in [2.05, 4.69) is 34.6 Å². The molecule has 0 bridgehead atoms. The monoisotopic (exact) mass is 314 g/mol. The molecule has 0 unspecified atom stereocenters. The number of esters is 2. The molecule has 0 aromatic carbocycles. The molecule has 0 spiro atoms. The molecule has 0 aliphatic heterocycles. The van der Waals surface area contributed by atoms with Gasteiger partial charge in [-0.25, -0.2) is 0 Å². The molecule has 0 aliphatic carbocycles. The van der Waals surface area contributed by atoms with Crippen molar-refractivity contribution < 1.29 is 19.1 Å². The summed E-state index contributed by atoms with van der Waals surface area (Å²) < 4.78 is 10.3. The topological polar surface area (TPSA) is 52.6 Å². The Hall–Kier alpha value is -1.06. The van der Waals surface area contributed by atoms with Crippen LogP contribution in [0.2, 0.25) is 0 Å². The van der Waals surface area contributed by atoms with Gasteiger partial charge in [0.2, 0.25) is 0 Å². The van der Waals surface area contributed by atoms with E-state index in [1.807, 2.05) is 0 Å². The number of rotatable bonds is 9. The van der Waals surface area contributed by atoms with Crippen LogP contribution < -0.4 is 0 Å². The molecular weight excluding hydrogens is 280 g/mol. The van der Waals surface area contributed by atoms with Crippen molar-refractivity contribution in [1.29, 1.82) is 0 Å². The van der Waals surface area contributed by atoms with Gasteiger partial charge in [-0.1, -0.05) is 34.6 Å². The van der Waals surface area contributed by atoms with Crippen LogP contribution in [0.3, 0.4) is 0 Å². The summed E-state index contributed by atoms with van der Waals surface area (Å²) >= 11 is 0. The first-order chi connectivity index (χ1) is 10.0. The van der Waals surface area contributed by atoms with Crippen LogP contribution in [-0.4, -0.2) is 25.2 Å². The molecular formula is C18H34O4. The molecule has 4 heteroatoms. The van der Waals surface area contributed by atoms with Crippen LogP contribution in [0.5, 0.6) is 0 Å². The lowest BCUT2D eigenvalue weighted by molar-refractivity contribution is -0.151. The van der Waals surface area contributed by atoms with E-state index in [1.165, 1.54) is 0 Å². The first-order valence-electron chi connectivity index (χ1n) is 8.35. The van der Waals surface area contributed by atoms with Crippen LogP contribution in [0.15, 0.2) is 0 Å². The SMILES string of the molecule is CCOC(=O)CC(CC(=O)OCC)(CC(C)C)CC(C)(C)C. The molecule has 0 fully saturated rings. The fraction of sp³-hybridized carbons (Fsp3) is 0.889. The molecule has 0 aromatic rings. The number of carbonyl (C=O) groups is 2. The van der Waals surface area contributed by atoms with E-state index in [1.54, 1.807) is 13.8 Å². The Labute approximate surface area is 135 Å². The highest BCUT2D eigenvalue weighted by Gasteiger charge is 2.40. The summed E-state index contributed by atoms with van der Waals surface area (Å²) in [4.78, 5) is 24.2. The van der Waals surface area contributed by atoms with Crippen molar-refractivity contribution in [1.82, 2.24) is 0 Å². The van der Waals surface area contributed by atoms with Crippen LogP contribution in [-0.2, 0) is 19.1 Å². The lowest BCUT2D eigenvalue weighted by Gasteiger charge is -2.39. The van der Waals surface area contributed by atoms with Gasteiger partial charge in [0.25, 0.3) is 0 Å². The molecule has 0 radical (unpaired) electrons. The minimum Gasteiger partial charge on any atom is -0.466 e. The molecule has 130 valence electrons. The largest absolute Gasteiger partial charge is 0.466 e. The van der Waals surface area contributed by atoms with E-state index in [4.69, 9.17) is 9.47 Å². The average Bonchev–Trinajstić information content (AvgIpc) is 2.24. The van der Waals surface area contributed by atoms with E-state index in [-0.39, 0.29) is 30.2 Å². The molecule has 0 aliphatic rings. The molecule has 0 rings (SSSR count). The molecule has 4 nitrogen and oxygen atoms in total. The van der Waals surface area contributed by atoms with Crippen molar-refractivity contribution in [3.8, 4) is 0 Å². The molecule has 0 aromatic heterocycles. The Morgan fingerprint density at radius 3 is 1.59 bits per heavy atom. The summed E-state index contributed by atoms with van der Waals surface area (Å²) in [5.74, 6) is -0.0559. The van der Waals surface area contributed by atoms with Crippen molar-refractivity contribution in [2.75, 3.05) is 13.2 Å². The van der Waals surface area contributed by atoms with Crippen molar-refractivity contribution in [3.63, 3.8) is 0 Å². The highest BCUT2D eigenvalue weighted by Crippen LogP contribution is 2.44. The second-order valence-electron chi connectivity index (χ2n) is 7.80. The predicted molar refractivity (Wildman–Crippen MR) is 88.5 cm³/mol. The minimum atomic E-state index is -0.398. The van der Waals surface area contributed by atoms with Crippen LogP contribution >= 0.6 is 0 Å². The zero-order valence-electron chi connectivity index (χ0n) is 15.5. The van der Waals surface area contributed by atoms with Crippen molar-refractivity contribution in [2.45, 2.75) is 74.1 Å². The van der Waals surface area contributed by atoms with Crippen LogP contribution in [0, 0.1) is 16.7 Å². The lowest BCUT2D eigenvalue weighted by atomic mass is 9.66. The van der Waals surface area contributed by atoms with Crippen LogP contribution in [0.4, 0.5) is 0 Å². The fourth-order valence-corrected chi connectivity index (χ4v) is 3.43. The second-order valence-corrected chi connectivity index (χ2v) is 7.80. The quantitative estimate of drug-likeness (QED) is 0.593. The zero-order valence-corrected chi connectivity index (χ0v) is 15.5. The fourth-order valence-electron chi connectivity index (χ4n) is 3.43. The summed E-state index contributed by atoms with van der Waals surface area (Å²) in [5, 5.41) is 0. The van der Waals surface area contributed by atoms with Gasteiger partial charge >= 0.3 is 11.9 Å². The molecule has 0 N–H and O–H groups in total. The van der Waals surface area contributed by atoms with Gasteiger partial charge in [-0.05, 0) is 43.4 Å². The van der Waals surface area contributed by atoms with E-state index in [0.717, 1.165) is 12.8 Å². The maximum atomic E-state index is 12.1. The second kappa shape index (κ2) is 9.16. The molecule has 0 saturated heterocycles. The van der Waals surface area contributed by atoms with Crippen molar-refractivity contribution >= 4 is 11.9 Å². The molecule has 22 heavy (non-hydrogen) atoms. The third kappa shape index (κ3) is 9.06. The summed E-state index contributed by atoms with van der Waals surface area (Å²) in [6.07, 6.45) is 2.14. The molecule has 0 atom stereocenters. The standard InChI is InChI=1S/C18H34O4/c1-8-21-15(19)11-18(10-14(3)4,13-17(5,6)7)12-16(20)22-9-2/h14H,8-13H2,1-7H3. The summed E-state index contributed by atoms with van der Waals surface area (Å²) in [6.45, 7) is 15.0. The van der Waals surface area contributed by atoms with Gasteiger partial charge < -0.3 is 9.47 Å². The zero-order chi connectivity index (χ0) is 17.4. The Morgan fingerprint density at radius 1 is 0.909 bits per heavy atom. The van der Waals surface area contributed by atoms with Crippen LogP contribution in [0.25, 0.3) is 0 Å². The lowest BCUT2D eigenvalue weighted by Crippen LogP contribution is -2.34. The predicted octanol–water partition coefficient (Wildman–Crippen LogP) is 4.36. The highest BCUT2D eigenvalue weighted by molar-refractivity contribution is 5.74. The summed E-state index contributed by atoms with van der Waals surface area (Å²) in [6, 6.07) is 0. The Morgan fingerprint density at radius 2 is 1.32 bits per heavy atom. The maximum absolute atomic E-state index is 12.1. The Bertz CT molecular complexity index is 333. The van der Waals surface area contributed by atoms with Gasteiger partial charge in [-0.2, -0.15) is 0 Å². The first-order valence-corrected chi connectivity index (χ1v) is 8.35. The number of carbonyl (C=O) groups excluding carboxylic acids is 2. The first kappa shape index (κ1) is 20.9. The average molecular weight is 314 g/mol. The van der Waals surface area contributed by atoms with Gasteiger partial charge in [0.15, 0.2) is 0 Å². The third-order valence-electron chi connectivity index (χ3n) is 3.40. The van der Waals surface area contributed by atoms with Gasteiger partial charge in [0.1, 0.15) is 0 Å². The highest BCUT2D eigenvalue weighted by atomic mass is 16.5. The van der Waals surface area contributed by atoms with Gasteiger partial charge in [0, 0.05) is 0 Å². The number of ether oxygens (including phenoxy) is 2. The Balaban J connectivity index is 5.38. The number of hydrogen-bond acceptors (Lipinski definition) is 4. The van der Waals surface area contributed by atoms with E-state index in [9.17, 15) is 9.59 Å². The normalized spacial score (nSPS) is 12.4. The van der Waals surface area contributed by atoms with Gasteiger partial charge in [0.05, 0.1) is 26.1 Å². The molecule has 0 heterocycles. The summed E-state index contributed by atoms with van der Waals surface area (Å²) in [5.41, 5.74) is -0.376. The van der Waals surface area contributed by atoms with E-state index >= 15 is 0 Å². The number of hydrogen-bond donors (Lipinski definition) is 0. The van der Waals surface area contributed by atoms with Crippen molar-refractivity contribution in [3.05, 3.63) is 0 Å². The Kier molecular flexibility index (Phi) is 8.72. The minimum absolute atomic E-state index is 0.0217. The molecule has 0 amide bonds. The van der Waals surface area contributed by atoms with Gasteiger partial charge in [-0.3, -0.25) is 9.59 Å². The van der Waals surface area contributed by atoms with Crippen LogP contribution in [0.1, 0.15) is 74.1 Å². The molecule has 0 saturated carbocycles. The summed E-state index contributed by atoms with van der Waals surface area (Å²) in [7, 11) is 0. The van der Waals surface area contributed by atoms with Gasteiger partial charge in [-0.15, -0.1) is 0 Å².